The van der Waals surface area contributed by atoms with Crippen molar-refractivity contribution in [2.45, 2.75) is 37.2 Å². The first-order valence-electron chi connectivity index (χ1n) is 10.7. The Morgan fingerprint density at radius 2 is 1.22 bits per heavy atom. The van der Waals surface area contributed by atoms with Crippen molar-refractivity contribution in [3.63, 3.8) is 0 Å². The number of carbonyl (C=O) groups excluding carboxylic acids is 1. The highest BCUT2D eigenvalue weighted by atomic mass is 32.2. The topological polar surface area (TPSA) is 57.6 Å². The van der Waals surface area contributed by atoms with E-state index in [4.69, 9.17) is 0 Å². The number of ketones is 1. The second-order valence-corrected chi connectivity index (χ2v) is 8.85. The molecule has 1 unspecified atom stereocenters. The molecule has 0 bridgehead atoms. The number of aliphatic carboxylic acids is 1. The number of thioether (sulfide) groups is 1. The summed E-state index contributed by atoms with van der Waals surface area (Å²) in [4.78, 5) is 27.3. The Morgan fingerprint density at radius 1 is 0.781 bits per heavy atom. The SMILES string of the molecule is CSC(CC(=O)O)C(=O)[C@H](Cc1ccccc1)N(Cc1ccccc1)Cc1ccccc1. The summed E-state index contributed by atoms with van der Waals surface area (Å²) < 4.78 is 0. The summed E-state index contributed by atoms with van der Waals surface area (Å²) >= 11 is 1.32. The van der Waals surface area contributed by atoms with Gasteiger partial charge in [-0.3, -0.25) is 14.5 Å². The number of hydrogen-bond donors (Lipinski definition) is 1. The molecule has 3 rings (SSSR count). The summed E-state index contributed by atoms with van der Waals surface area (Å²) in [5.74, 6) is -0.982. The third-order valence-corrected chi connectivity index (χ3v) is 6.43. The van der Waals surface area contributed by atoms with Crippen molar-refractivity contribution in [3.05, 3.63) is 108 Å². The van der Waals surface area contributed by atoms with Crippen LogP contribution in [0.4, 0.5) is 0 Å². The van der Waals surface area contributed by atoms with Crippen molar-refractivity contribution in [1.82, 2.24) is 4.90 Å². The second kappa shape index (κ2) is 12.2. The van der Waals surface area contributed by atoms with Gasteiger partial charge in [0.05, 0.1) is 17.7 Å². The molecule has 2 atom stereocenters. The van der Waals surface area contributed by atoms with Crippen LogP contribution in [0.5, 0.6) is 0 Å². The number of nitrogens with zero attached hydrogens (tertiary/aromatic N) is 1. The lowest BCUT2D eigenvalue weighted by Crippen LogP contribution is -2.46. The zero-order chi connectivity index (χ0) is 22.8. The maximum atomic E-state index is 13.7. The number of carbonyl (C=O) groups is 2. The predicted octanol–water partition coefficient (Wildman–Crippen LogP) is 5.08. The molecule has 3 aromatic carbocycles. The molecule has 5 heteroatoms. The van der Waals surface area contributed by atoms with Gasteiger partial charge < -0.3 is 5.11 Å². The van der Waals surface area contributed by atoms with Crippen LogP contribution in [-0.2, 0) is 29.1 Å². The van der Waals surface area contributed by atoms with Crippen molar-refractivity contribution >= 4 is 23.5 Å². The Labute approximate surface area is 194 Å². The van der Waals surface area contributed by atoms with Crippen molar-refractivity contribution in [2.75, 3.05) is 6.26 Å². The Bertz CT molecular complexity index is 938. The normalized spacial score (nSPS) is 12.9. The Balaban J connectivity index is 1.97. The zero-order valence-electron chi connectivity index (χ0n) is 18.3. The van der Waals surface area contributed by atoms with Gasteiger partial charge >= 0.3 is 5.97 Å². The number of benzene rings is 3. The van der Waals surface area contributed by atoms with Gasteiger partial charge in [0.25, 0.3) is 0 Å². The summed E-state index contributed by atoms with van der Waals surface area (Å²) in [6.07, 6.45) is 2.18. The van der Waals surface area contributed by atoms with Crippen LogP contribution in [0.15, 0.2) is 91.0 Å². The molecule has 3 aromatic rings. The van der Waals surface area contributed by atoms with Gasteiger partial charge in [0.1, 0.15) is 0 Å². The van der Waals surface area contributed by atoms with Crippen LogP contribution < -0.4 is 0 Å². The summed E-state index contributed by atoms with van der Waals surface area (Å²) in [6.45, 7) is 1.21. The van der Waals surface area contributed by atoms with Crippen molar-refractivity contribution in [3.8, 4) is 0 Å². The molecule has 166 valence electrons. The van der Waals surface area contributed by atoms with Crippen molar-refractivity contribution in [1.29, 1.82) is 0 Å². The van der Waals surface area contributed by atoms with Crippen LogP contribution in [-0.4, -0.2) is 39.3 Å². The van der Waals surface area contributed by atoms with Gasteiger partial charge in [-0.1, -0.05) is 91.0 Å². The largest absolute Gasteiger partial charge is 0.481 e. The number of Topliss-reactive ketones (excluding diaryl/α,β-unsaturated/α-hetero) is 1. The van der Waals surface area contributed by atoms with E-state index in [0.717, 1.165) is 16.7 Å². The lowest BCUT2D eigenvalue weighted by Gasteiger charge is -2.33. The van der Waals surface area contributed by atoms with Crippen LogP contribution in [0.25, 0.3) is 0 Å². The maximum Gasteiger partial charge on any atom is 0.304 e. The molecule has 0 aromatic heterocycles. The lowest BCUT2D eigenvalue weighted by atomic mass is 9.96. The third kappa shape index (κ3) is 7.08. The Hall–Kier alpha value is -2.89. The van der Waals surface area contributed by atoms with Gasteiger partial charge in [0, 0.05) is 13.1 Å². The minimum atomic E-state index is -0.950. The first-order chi connectivity index (χ1) is 15.6. The van der Waals surface area contributed by atoms with E-state index in [1.54, 1.807) is 0 Å². The summed E-state index contributed by atoms with van der Waals surface area (Å²) in [7, 11) is 0. The van der Waals surface area contributed by atoms with E-state index < -0.39 is 17.3 Å². The minimum absolute atomic E-state index is 0.0318. The highest BCUT2D eigenvalue weighted by molar-refractivity contribution is 7.99. The highest BCUT2D eigenvalue weighted by Crippen LogP contribution is 2.23. The monoisotopic (exact) mass is 447 g/mol. The number of carboxylic acid groups (broad SMARTS) is 1. The molecule has 1 N–H and O–H groups in total. The molecule has 32 heavy (non-hydrogen) atoms. The Morgan fingerprint density at radius 3 is 1.62 bits per heavy atom. The predicted molar refractivity (Wildman–Crippen MR) is 131 cm³/mol. The van der Waals surface area contributed by atoms with Gasteiger partial charge in [-0.25, -0.2) is 0 Å². The first kappa shape index (κ1) is 23.8. The molecule has 0 aliphatic heterocycles. The summed E-state index contributed by atoms with van der Waals surface area (Å²) in [6, 6.07) is 29.7. The molecule has 0 radical (unpaired) electrons. The molecule has 0 heterocycles. The molecular weight excluding hydrogens is 418 g/mol. The van der Waals surface area contributed by atoms with Crippen LogP contribution >= 0.6 is 11.8 Å². The first-order valence-corrected chi connectivity index (χ1v) is 12.0. The van der Waals surface area contributed by atoms with Crippen LogP contribution in [0.1, 0.15) is 23.1 Å². The van der Waals surface area contributed by atoms with Gasteiger partial charge in [-0.05, 0) is 29.4 Å². The average Bonchev–Trinajstić information content (AvgIpc) is 2.82. The number of carboxylic acids is 1. The molecule has 0 aliphatic rings. The standard InChI is InChI=1S/C27H29NO3S/c1-32-25(18-26(29)30)27(31)24(17-21-11-5-2-6-12-21)28(19-22-13-7-3-8-14-22)20-23-15-9-4-10-16-23/h2-16,24-25H,17-20H2,1H3,(H,29,30)/t24-,25?/m0/s1. The van der Waals surface area contributed by atoms with Gasteiger partial charge in [-0.15, -0.1) is 0 Å². The lowest BCUT2D eigenvalue weighted by molar-refractivity contribution is -0.139. The zero-order valence-corrected chi connectivity index (χ0v) is 19.1. The average molecular weight is 448 g/mol. The number of hydrogen-bond acceptors (Lipinski definition) is 4. The fraction of sp³-hybridized carbons (Fsp3) is 0.259. The molecule has 0 spiro atoms. The molecular formula is C27H29NO3S. The van der Waals surface area contributed by atoms with E-state index in [0.29, 0.717) is 19.5 Å². The van der Waals surface area contributed by atoms with E-state index in [1.165, 1.54) is 11.8 Å². The van der Waals surface area contributed by atoms with Crippen LogP contribution in [0.2, 0.25) is 0 Å². The molecule has 0 amide bonds. The Kier molecular flexibility index (Phi) is 9.08. The minimum Gasteiger partial charge on any atom is -0.481 e. The van der Waals surface area contributed by atoms with Gasteiger partial charge in [-0.2, -0.15) is 11.8 Å². The molecule has 0 saturated carbocycles. The van der Waals surface area contributed by atoms with Crippen LogP contribution in [0.3, 0.4) is 0 Å². The number of rotatable bonds is 12. The quantitative estimate of drug-likeness (QED) is 0.420. The van der Waals surface area contributed by atoms with Gasteiger partial charge in [0.2, 0.25) is 0 Å². The van der Waals surface area contributed by atoms with Crippen LogP contribution in [0, 0.1) is 0 Å². The van der Waals surface area contributed by atoms with E-state index >= 15 is 0 Å². The fourth-order valence-electron chi connectivity index (χ4n) is 3.83. The van der Waals surface area contributed by atoms with E-state index in [1.807, 2.05) is 73.0 Å². The smallest absolute Gasteiger partial charge is 0.304 e. The second-order valence-electron chi connectivity index (χ2n) is 7.81. The van der Waals surface area contributed by atoms with Gasteiger partial charge in [0.15, 0.2) is 5.78 Å². The molecule has 4 nitrogen and oxygen atoms in total. The van der Waals surface area contributed by atoms with E-state index in [2.05, 4.69) is 29.2 Å². The van der Waals surface area contributed by atoms with Crippen molar-refractivity contribution in [2.24, 2.45) is 0 Å². The van der Waals surface area contributed by atoms with E-state index in [9.17, 15) is 14.7 Å². The maximum absolute atomic E-state index is 13.7. The van der Waals surface area contributed by atoms with Crippen molar-refractivity contribution < 1.29 is 14.7 Å². The molecule has 0 fully saturated rings. The summed E-state index contributed by atoms with van der Waals surface area (Å²) in [5, 5.41) is 8.78. The fourth-order valence-corrected chi connectivity index (χ4v) is 4.53. The third-order valence-electron chi connectivity index (χ3n) is 5.46. The molecule has 0 aliphatic carbocycles. The van der Waals surface area contributed by atoms with E-state index in [-0.39, 0.29) is 12.2 Å². The summed E-state index contributed by atoms with van der Waals surface area (Å²) in [5.41, 5.74) is 3.30. The highest BCUT2D eigenvalue weighted by Gasteiger charge is 2.32. The molecule has 0 saturated heterocycles.